The van der Waals surface area contributed by atoms with E-state index < -0.39 is 0 Å². The van der Waals surface area contributed by atoms with Gasteiger partial charge >= 0.3 is 0 Å². The van der Waals surface area contributed by atoms with Crippen LogP contribution in [0, 0.1) is 0 Å². The highest BCUT2D eigenvalue weighted by Crippen LogP contribution is 2.05. The topological polar surface area (TPSA) is 40.5 Å². The largest absolute Gasteiger partial charge is 0.396 e. The molecule has 0 heterocycles. The summed E-state index contributed by atoms with van der Waals surface area (Å²) in [6.45, 7) is 0.674. The Bertz CT molecular complexity index is 197. The van der Waals surface area contributed by atoms with Gasteiger partial charge in [0.1, 0.15) is 0 Å². The van der Waals surface area contributed by atoms with E-state index in [4.69, 9.17) is 10.2 Å². The van der Waals surface area contributed by atoms with Gasteiger partial charge in [-0.2, -0.15) is 0 Å². The van der Waals surface area contributed by atoms with E-state index in [-0.39, 0.29) is 0 Å². The molecule has 2 N–H and O–H groups in total. The number of rotatable bonds is 15. The molecule has 0 aliphatic heterocycles. The molecular formula is C18H34O2. The monoisotopic (exact) mass is 282 g/mol. The molecule has 0 rings (SSSR count). The van der Waals surface area contributed by atoms with Crippen molar-refractivity contribution in [2.45, 2.75) is 77.0 Å². The maximum atomic E-state index is 8.65. The molecule has 20 heavy (non-hydrogen) atoms. The van der Waals surface area contributed by atoms with Gasteiger partial charge in [-0.3, -0.25) is 0 Å². The van der Waals surface area contributed by atoms with Gasteiger partial charge in [0.25, 0.3) is 0 Å². The first kappa shape index (κ1) is 19.4. The van der Waals surface area contributed by atoms with Gasteiger partial charge in [0.2, 0.25) is 0 Å². The third kappa shape index (κ3) is 17.4. The Hall–Kier alpha value is -0.600. The van der Waals surface area contributed by atoms with Gasteiger partial charge in [-0.1, -0.05) is 50.0 Å². The van der Waals surface area contributed by atoms with Crippen molar-refractivity contribution in [3.63, 3.8) is 0 Å². The van der Waals surface area contributed by atoms with E-state index in [1.807, 2.05) is 0 Å². The molecule has 0 radical (unpaired) electrons. The van der Waals surface area contributed by atoms with E-state index in [1.54, 1.807) is 0 Å². The van der Waals surface area contributed by atoms with Gasteiger partial charge in [0.15, 0.2) is 0 Å². The van der Waals surface area contributed by atoms with Gasteiger partial charge in [0.05, 0.1) is 0 Å². The minimum Gasteiger partial charge on any atom is -0.396 e. The number of hydrogen-bond donors (Lipinski definition) is 2. The van der Waals surface area contributed by atoms with Gasteiger partial charge in [-0.15, -0.1) is 0 Å². The Balaban J connectivity index is 3.13. The van der Waals surface area contributed by atoms with Gasteiger partial charge < -0.3 is 10.2 Å². The molecule has 0 amide bonds. The van der Waals surface area contributed by atoms with E-state index in [0.717, 1.165) is 38.5 Å². The molecule has 2 nitrogen and oxygen atoms in total. The Morgan fingerprint density at radius 3 is 1.15 bits per heavy atom. The van der Waals surface area contributed by atoms with Crippen LogP contribution in [0.3, 0.4) is 0 Å². The fourth-order valence-electron chi connectivity index (χ4n) is 2.12. The fraction of sp³-hybridized carbons (Fsp3) is 0.778. The van der Waals surface area contributed by atoms with Gasteiger partial charge in [-0.05, 0) is 51.4 Å². The molecule has 0 aliphatic carbocycles. The molecule has 0 saturated heterocycles. The lowest BCUT2D eigenvalue weighted by molar-refractivity contribution is 0.282. The van der Waals surface area contributed by atoms with Crippen LogP contribution in [0.1, 0.15) is 77.0 Å². The standard InChI is InChI=1S/C18H34O2/c19-17-15-13-11-9-7-5-3-1-2-4-6-8-10-12-14-16-18-20/h3-6,19-20H,1-2,7-18H2/b5-3-,6-4-. The highest BCUT2D eigenvalue weighted by molar-refractivity contribution is 4.88. The number of hydrogen-bond acceptors (Lipinski definition) is 2. The quantitative estimate of drug-likeness (QED) is 0.336. The third-order valence-electron chi connectivity index (χ3n) is 3.39. The average Bonchev–Trinajstić information content (AvgIpc) is 2.47. The zero-order chi connectivity index (χ0) is 14.7. The number of aliphatic hydroxyl groups is 2. The van der Waals surface area contributed by atoms with Crippen LogP contribution in [0.25, 0.3) is 0 Å². The lowest BCUT2D eigenvalue weighted by atomic mass is 10.1. The summed E-state index contributed by atoms with van der Waals surface area (Å²) in [5, 5.41) is 17.3. The highest BCUT2D eigenvalue weighted by Gasteiger charge is 1.88. The number of allylic oxidation sites excluding steroid dienone is 4. The molecule has 0 bridgehead atoms. The molecule has 118 valence electrons. The van der Waals surface area contributed by atoms with E-state index in [1.165, 1.54) is 38.5 Å². The zero-order valence-corrected chi connectivity index (χ0v) is 13.1. The van der Waals surface area contributed by atoms with Crippen LogP contribution in [0.15, 0.2) is 24.3 Å². The predicted octanol–water partition coefficient (Wildman–Crippen LogP) is 4.76. The van der Waals surface area contributed by atoms with Crippen LogP contribution in [0.5, 0.6) is 0 Å². The van der Waals surface area contributed by atoms with E-state index in [9.17, 15) is 0 Å². The number of unbranched alkanes of at least 4 members (excludes halogenated alkanes) is 9. The molecule has 0 aromatic carbocycles. The SMILES string of the molecule is OCCCCCC/C=C\CC/C=C\CCCCCCO. The van der Waals surface area contributed by atoms with Crippen molar-refractivity contribution in [3.8, 4) is 0 Å². The summed E-state index contributed by atoms with van der Waals surface area (Å²) in [5.41, 5.74) is 0. The number of aliphatic hydroxyl groups excluding tert-OH is 2. The molecule has 0 aromatic heterocycles. The van der Waals surface area contributed by atoms with Crippen molar-refractivity contribution in [3.05, 3.63) is 24.3 Å². The molecule has 0 aliphatic rings. The van der Waals surface area contributed by atoms with Crippen LogP contribution < -0.4 is 0 Å². The second-order valence-corrected chi connectivity index (χ2v) is 5.37. The zero-order valence-electron chi connectivity index (χ0n) is 13.1. The molecule has 0 fully saturated rings. The van der Waals surface area contributed by atoms with Crippen molar-refractivity contribution < 1.29 is 10.2 Å². The van der Waals surface area contributed by atoms with E-state index in [2.05, 4.69) is 24.3 Å². The second-order valence-electron chi connectivity index (χ2n) is 5.37. The molecule has 0 unspecified atom stereocenters. The van der Waals surface area contributed by atoms with Crippen LogP contribution in [0.2, 0.25) is 0 Å². The summed E-state index contributed by atoms with van der Waals surface area (Å²) < 4.78 is 0. The minimum absolute atomic E-state index is 0.337. The first-order valence-electron chi connectivity index (χ1n) is 8.43. The van der Waals surface area contributed by atoms with Gasteiger partial charge in [-0.25, -0.2) is 0 Å². The molecular weight excluding hydrogens is 248 g/mol. The summed E-state index contributed by atoms with van der Waals surface area (Å²) in [5.74, 6) is 0. The minimum atomic E-state index is 0.337. The van der Waals surface area contributed by atoms with Crippen molar-refractivity contribution in [1.82, 2.24) is 0 Å². The smallest absolute Gasteiger partial charge is 0.0431 e. The first-order valence-corrected chi connectivity index (χ1v) is 8.43. The van der Waals surface area contributed by atoms with Crippen molar-refractivity contribution >= 4 is 0 Å². The molecule has 0 atom stereocenters. The van der Waals surface area contributed by atoms with Gasteiger partial charge in [0, 0.05) is 13.2 Å². The third-order valence-corrected chi connectivity index (χ3v) is 3.39. The highest BCUT2D eigenvalue weighted by atomic mass is 16.3. The Labute approximate surface area is 125 Å². The Kier molecular flexibility index (Phi) is 17.8. The summed E-state index contributed by atoms with van der Waals surface area (Å²) >= 11 is 0. The Morgan fingerprint density at radius 1 is 0.400 bits per heavy atom. The van der Waals surface area contributed by atoms with Crippen LogP contribution in [0.4, 0.5) is 0 Å². The van der Waals surface area contributed by atoms with Crippen LogP contribution in [-0.2, 0) is 0 Å². The summed E-state index contributed by atoms with van der Waals surface area (Å²) in [6.07, 6.45) is 23.0. The lowest BCUT2D eigenvalue weighted by Crippen LogP contribution is -1.82. The first-order chi connectivity index (χ1) is 9.91. The van der Waals surface area contributed by atoms with Crippen molar-refractivity contribution in [2.24, 2.45) is 0 Å². The average molecular weight is 282 g/mol. The molecule has 0 aromatic rings. The van der Waals surface area contributed by atoms with Crippen LogP contribution >= 0.6 is 0 Å². The van der Waals surface area contributed by atoms with Crippen molar-refractivity contribution in [1.29, 1.82) is 0 Å². The molecule has 0 saturated carbocycles. The van der Waals surface area contributed by atoms with E-state index >= 15 is 0 Å². The maximum absolute atomic E-state index is 8.65. The Morgan fingerprint density at radius 2 is 0.750 bits per heavy atom. The summed E-state index contributed by atoms with van der Waals surface area (Å²) in [7, 11) is 0. The van der Waals surface area contributed by atoms with Crippen molar-refractivity contribution in [2.75, 3.05) is 13.2 Å². The second kappa shape index (κ2) is 18.4. The summed E-state index contributed by atoms with van der Waals surface area (Å²) in [6, 6.07) is 0. The summed E-state index contributed by atoms with van der Waals surface area (Å²) in [4.78, 5) is 0. The normalized spacial score (nSPS) is 11.9. The van der Waals surface area contributed by atoms with E-state index in [0.29, 0.717) is 13.2 Å². The van der Waals surface area contributed by atoms with Crippen LogP contribution in [-0.4, -0.2) is 23.4 Å². The lowest BCUT2D eigenvalue weighted by Gasteiger charge is -1.96. The molecule has 2 heteroatoms. The fourth-order valence-corrected chi connectivity index (χ4v) is 2.12. The molecule has 0 spiro atoms. The predicted molar refractivity (Wildman–Crippen MR) is 87.9 cm³/mol. The maximum Gasteiger partial charge on any atom is 0.0431 e.